The van der Waals surface area contributed by atoms with Crippen molar-refractivity contribution < 1.29 is 9.53 Å². The van der Waals surface area contributed by atoms with Gasteiger partial charge in [0.1, 0.15) is 11.6 Å². The molecule has 0 saturated heterocycles. The van der Waals surface area contributed by atoms with Crippen molar-refractivity contribution in [2.24, 2.45) is 0 Å². The first-order valence-electron chi connectivity index (χ1n) is 8.05. The zero-order valence-electron chi connectivity index (χ0n) is 14.2. The second-order valence-corrected chi connectivity index (χ2v) is 5.94. The third-order valence-electron chi connectivity index (χ3n) is 3.79. The molecule has 0 bridgehead atoms. The smallest absolute Gasteiger partial charge is 0.251 e. The molecular weight excluding hydrogens is 350 g/mol. The highest BCUT2D eigenvalue weighted by molar-refractivity contribution is 6.33. The van der Waals surface area contributed by atoms with Gasteiger partial charge in [-0.1, -0.05) is 41.9 Å². The summed E-state index contributed by atoms with van der Waals surface area (Å²) in [5.74, 6) is 1.09. The molecule has 1 amide bonds. The number of rotatable bonds is 6. The minimum Gasteiger partial charge on any atom is -0.496 e. The molecule has 3 rings (SSSR count). The van der Waals surface area contributed by atoms with Crippen LogP contribution >= 0.6 is 11.6 Å². The summed E-state index contributed by atoms with van der Waals surface area (Å²) in [6, 6.07) is 18.3. The van der Waals surface area contributed by atoms with Crippen LogP contribution in [0.4, 0.5) is 11.5 Å². The summed E-state index contributed by atoms with van der Waals surface area (Å²) >= 11 is 6.14. The van der Waals surface area contributed by atoms with E-state index in [-0.39, 0.29) is 5.91 Å². The fraction of sp³-hybridized carbons (Fsp3) is 0.100. The largest absolute Gasteiger partial charge is 0.496 e. The van der Waals surface area contributed by atoms with Crippen LogP contribution in [0.5, 0.6) is 5.75 Å². The Morgan fingerprint density at radius 1 is 1.12 bits per heavy atom. The number of hydrogen-bond donors (Lipinski definition) is 2. The van der Waals surface area contributed by atoms with Gasteiger partial charge < -0.3 is 15.4 Å². The number of nitrogens with zero attached hydrogens (tertiary/aromatic N) is 1. The lowest BCUT2D eigenvalue weighted by Gasteiger charge is -2.11. The zero-order valence-corrected chi connectivity index (χ0v) is 15.0. The van der Waals surface area contributed by atoms with Gasteiger partial charge in [0.2, 0.25) is 0 Å². The van der Waals surface area contributed by atoms with Gasteiger partial charge in [0.25, 0.3) is 5.91 Å². The number of para-hydroxylation sites is 2. The highest BCUT2D eigenvalue weighted by Gasteiger charge is 2.09. The first kappa shape index (κ1) is 17.8. The third-order valence-corrected chi connectivity index (χ3v) is 4.12. The maximum absolute atomic E-state index is 12.5. The number of methoxy groups -OCH3 is 1. The average molecular weight is 368 g/mol. The standard InChI is InChI=1S/C20H18ClN3O2/c1-26-18-9-5-2-6-15(18)13-23-20(25)14-10-11-22-19(12-14)24-17-8-4-3-7-16(17)21/h2-12H,13H2,1H3,(H,22,24)(H,23,25). The van der Waals surface area contributed by atoms with Gasteiger partial charge in [0, 0.05) is 23.9 Å². The molecule has 132 valence electrons. The number of aromatic nitrogens is 1. The summed E-state index contributed by atoms with van der Waals surface area (Å²) in [5.41, 5.74) is 2.14. The van der Waals surface area contributed by atoms with Gasteiger partial charge in [-0.25, -0.2) is 4.98 Å². The second-order valence-electron chi connectivity index (χ2n) is 5.53. The SMILES string of the molecule is COc1ccccc1CNC(=O)c1ccnc(Nc2ccccc2Cl)c1. The molecule has 0 fully saturated rings. The van der Waals surface area contributed by atoms with Crippen LogP contribution in [0.3, 0.4) is 0 Å². The van der Waals surface area contributed by atoms with Gasteiger partial charge in [-0.2, -0.15) is 0 Å². The minimum absolute atomic E-state index is 0.194. The van der Waals surface area contributed by atoms with Crippen LogP contribution in [-0.4, -0.2) is 18.0 Å². The van der Waals surface area contributed by atoms with Crippen molar-refractivity contribution in [3.05, 3.63) is 83.0 Å². The lowest BCUT2D eigenvalue weighted by atomic mass is 10.2. The molecule has 0 unspecified atom stereocenters. The molecule has 5 nitrogen and oxygen atoms in total. The number of carbonyl (C=O) groups excluding carboxylic acids is 1. The van der Waals surface area contributed by atoms with E-state index in [0.717, 1.165) is 17.0 Å². The molecule has 3 aromatic rings. The van der Waals surface area contributed by atoms with Gasteiger partial charge in [0.15, 0.2) is 0 Å². The molecule has 0 saturated carbocycles. The molecule has 0 aliphatic rings. The summed E-state index contributed by atoms with van der Waals surface area (Å²) in [6.07, 6.45) is 1.58. The van der Waals surface area contributed by atoms with Gasteiger partial charge in [-0.15, -0.1) is 0 Å². The van der Waals surface area contributed by atoms with E-state index < -0.39 is 0 Å². The van der Waals surface area contributed by atoms with Crippen molar-refractivity contribution in [2.75, 3.05) is 12.4 Å². The molecule has 0 aliphatic heterocycles. The molecule has 1 aromatic heterocycles. The number of halogens is 1. The van der Waals surface area contributed by atoms with Crippen LogP contribution in [0.15, 0.2) is 66.9 Å². The number of benzene rings is 2. The van der Waals surface area contributed by atoms with E-state index in [1.807, 2.05) is 42.5 Å². The maximum atomic E-state index is 12.5. The van der Waals surface area contributed by atoms with E-state index in [1.54, 1.807) is 31.5 Å². The highest BCUT2D eigenvalue weighted by Crippen LogP contribution is 2.24. The highest BCUT2D eigenvalue weighted by atomic mass is 35.5. The molecule has 1 heterocycles. The van der Waals surface area contributed by atoms with Crippen molar-refractivity contribution in [2.45, 2.75) is 6.54 Å². The second kappa shape index (κ2) is 8.36. The molecule has 0 spiro atoms. The number of ether oxygens (including phenoxy) is 1. The Balaban J connectivity index is 1.69. The van der Waals surface area contributed by atoms with E-state index in [2.05, 4.69) is 15.6 Å². The zero-order chi connectivity index (χ0) is 18.4. The molecule has 0 aliphatic carbocycles. The molecule has 6 heteroatoms. The van der Waals surface area contributed by atoms with Crippen LogP contribution in [0.1, 0.15) is 15.9 Å². The Kier molecular flexibility index (Phi) is 5.71. The molecule has 0 radical (unpaired) electrons. The molecular formula is C20H18ClN3O2. The number of amides is 1. The van der Waals surface area contributed by atoms with Crippen LogP contribution in [0.2, 0.25) is 5.02 Å². The number of pyridine rings is 1. The predicted octanol–water partition coefficient (Wildman–Crippen LogP) is 4.42. The van der Waals surface area contributed by atoms with Gasteiger partial charge in [-0.3, -0.25) is 4.79 Å². The van der Waals surface area contributed by atoms with Crippen LogP contribution in [0, 0.1) is 0 Å². The van der Waals surface area contributed by atoms with Crippen molar-refractivity contribution in [3.63, 3.8) is 0 Å². The van der Waals surface area contributed by atoms with E-state index in [0.29, 0.717) is 22.9 Å². The lowest BCUT2D eigenvalue weighted by Crippen LogP contribution is -2.23. The molecule has 0 atom stereocenters. The number of carbonyl (C=O) groups is 1. The van der Waals surface area contributed by atoms with E-state index >= 15 is 0 Å². The Bertz CT molecular complexity index is 915. The predicted molar refractivity (Wildman–Crippen MR) is 103 cm³/mol. The average Bonchev–Trinajstić information content (AvgIpc) is 2.68. The first-order chi connectivity index (χ1) is 12.7. The monoisotopic (exact) mass is 367 g/mol. The number of anilines is 2. The summed E-state index contributed by atoms with van der Waals surface area (Å²) in [7, 11) is 1.61. The minimum atomic E-state index is -0.194. The normalized spacial score (nSPS) is 10.2. The number of nitrogens with one attached hydrogen (secondary N) is 2. The van der Waals surface area contributed by atoms with E-state index in [1.165, 1.54) is 0 Å². The fourth-order valence-corrected chi connectivity index (χ4v) is 2.65. The van der Waals surface area contributed by atoms with Crippen LogP contribution < -0.4 is 15.4 Å². The van der Waals surface area contributed by atoms with E-state index in [9.17, 15) is 4.79 Å². The van der Waals surface area contributed by atoms with Gasteiger partial charge >= 0.3 is 0 Å². The topological polar surface area (TPSA) is 63.2 Å². The molecule has 26 heavy (non-hydrogen) atoms. The van der Waals surface area contributed by atoms with Gasteiger partial charge in [0.05, 0.1) is 17.8 Å². The Labute approximate surface area is 157 Å². The first-order valence-corrected chi connectivity index (χ1v) is 8.43. The summed E-state index contributed by atoms with van der Waals surface area (Å²) in [5, 5.41) is 6.59. The summed E-state index contributed by atoms with van der Waals surface area (Å²) < 4.78 is 5.30. The van der Waals surface area contributed by atoms with Crippen molar-refractivity contribution >= 4 is 29.0 Å². The maximum Gasteiger partial charge on any atom is 0.251 e. The third kappa shape index (κ3) is 4.32. The van der Waals surface area contributed by atoms with E-state index in [4.69, 9.17) is 16.3 Å². The summed E-state index contributed by atoms with van der Waals surface area (Å²) in [4.78, 5) is 16.7. The van der Waals surface area contributed by atoms with Gasteiger partial charge in [-0.05, 0) is 30.3 Å². The van der Waals surface area contributed by atoms with Crippen LogP contribution in [0.25, 0.3) is 0 Å². The van der Waals surface area contributed by atoms with Crippen molar-refractivity contribution in [3.8, 4) is 5.75 Å². The number of hydrogen-bond acceptors (Lipinski definition) is 4. The molecule has 2 N–H and O–H groups in total. The van der Waals surface area contributed by atoms with Crippen molar-refractivity contribution in [1.82, 2.24) is 10.3 Å². The Morgan fingerprint density at radius 3 is 2.69 bits per heavy atom. The molecule has 2 aromatic carbocycles. The van der Waals surface area contributed by atoms with Crippen molar-refractivity contribution in [1.29, 1.82) is 0 Å². The Hall–Kier alpha value is -3.05. The van der Waals surface area contributed by atoms with Crippen LogP contribution in [-0.2, 0) is 6.54 Å². The summed E-state index contributed by atoms with van der Waals surface area (Å²) in [6.45, 7) is 0.373. The fourth-order valence-electron chi connectivity index (χ4n) is 2.47. The Morgan fingerprint density at radius 2 is 1.88 bits per heavy atom. The quantitative estimate of drug-likeness (QED) is 0.677. The lowest BCUT2D eigenvalue weighted by molar-refractivity contribution is 0.0950.